The van der Waals surface area contributed by atoms with Gasteiger partial charge in [-0.3, -0.25) is 4.90 Å². The zero-order valence-electron chi connectivity index (χ0n) is 22.4. The van der Waals surface area contributed by atoms with E-state index in [1.54, 1.807) is 0 Å². The maximum absolute atomic E-state index is 12.6. The van der Waals surface area contributed by atoms with Gasteiger partial charge in [-0.2, -0.15) is 0 Å². The molecule has 0 N–H and O–H groups in total. The van der Waals surface area contributed by atoms with Crippen LogP contribution in [-0.4, -0.2) is 62.2 Å². The lowest BCUT2D eigenvalue weighted by molar-refractivity contribution is 0.0598. The van der Waals surface area contributed by atoms with Crippen LogP contribution in [0, 0.1) is 0 Å². The van der Waals surface area contributed by atoms with Crippen molar-refractivity contribution >= 4 is 28.3 Å². The van der Waals surface area contributed by atoms with Gasteiger partial charge in [-0.25, -0.2) is 4.79 Å². The van der Waals surface area contributed by atoms with Crippen molar-refractivity contribution in [1.82, 2.24) is 9.80 Å². The summed E-state index contributed by atoms with van der Waals surface area (Å²) in [5.74, 6) is 0.208. The minimum Gasteiger partial charge on any atom is -0.493 e. The lowest BCUT2D eigenvalue weighted by Gasteiger charge is -2.31. The molecule has 0 radical (unpaired) electrons. The van der Waals surface area contributed by atoms with E-state index in [0.29, 0.717) is 17.9 Å². The predicted molar refractivity (Wildman–Crippen MR) is 158 cm³/mol. The maximum Gasteiger partial charge on any atom is 0.342 e. The number of methoxy groups -OCH3 is 1. The Morgan fingerprint density at radius 2 is 1.59 bits per heavy atom. The van der Waals surface area contributed by atoms with Crippen LogP contribution in [0.15, 0.2) is 91.0 Å². The molecule has 39 heavy (non-hydrogen) atoms. The van der Waals surface area contributed by atoms with Gasteiger partial charge in [0.25, 0.3) is 0 Å². The molecular weight excluding hydrogens is 508 g/mol. The normalized spacial score (nSPS) is 15.5. The van der Waals surface area contributed by atoms with E-state index in [2.05, 4.69) is 52.3 Å². The number of nitrogens with zero attached hydrogens (tertiary/aromatic N) is 2. The SMILES string of the molecule is COC(=O)c1c(OCCCN2CCCN(C(c3ccccc3)c3ccc(Cl)cc3)CC2)ccc2ccccc12. The molecule has 0 aromatic heterocycles. The highest BCUT2D eigenvalue weighted by Gasteiger charge is 2.25. The average Bonchev–Trinajstić information content (AvgIpc) is 3.22. The summed E-state index contributed by atoms with van der Waals surface area (Å²) in [5.41, 5.74) is 3.07. The molecule has 4 aromatic carbocycles. The molecular formula is C33H35ClN2O3. The van der Waals surface area contributed by atoms with Crippen molar-refractivity contribution in [2.45, 2.75) is 18.9 Å². The van der Waals surface area contributed by atoms with Crippen LogP contribution in [0.3, 0.4) is 0 Å². The first-order chi connectivity index (χ1) is 19.1. The summed E-state index contributed by atoms with van der Waals surface area (Å²) in [6, 6.07) is 30.9. The van der Waals surface area contributed by atoms with Crippen LogP contribution in [0.2, 0.25) is 5.02 Å². The van der Waals surface area contributed by atoms with Crippen molar-refractivity contribution in [3.8, 4) is 5.75 Å². The topological polar surface area (TPSA) is 42.0 Å². The molecule has 5 rings (SSSR count). The molecule has 0 spiro atoms. The Morgan fingerprint density at radius 1 is 0.846 bits per heavy atom. The molecule has 1 atom stereocenters. The van der Waals surface area contributed by atoms with Crippen molar-refractivity contribution in [2.75, 3.05) is 46.4 Å². The number of benzene rings is 4. The number of hydrogen-bond donors (Lipinski definition) is 0. The standard InChI is InChI=1S/C33H35ClN2O3/c1-38-33(37)31-29-12-6-5-9-25(29)15-18-30(31)39-24-8-20-35-19-7-21-36(23-22-35)32(26-10-3-2-4-11-26)27-13-16-28(34)17-14-27/h2-6,9-18,32H,7-8,19-24H2,1H3. The molecule has 0 aliphatic carbocycles. The Labute approximate surface area is 235 Å². The van der Waals surface area contributed by atoms with E-state index in [4.69, 9.17) is 21.1 Å². The summed E-state index contributed by atoms with van der Waals surface area (Å²) in [7, 11) is 1.41. The molecule has 0 amide bonds. The molecule has 1 unspecified atom stereocenters. The van der Waals surface area contributed by atoms with Crippen molar-refractivity contribution in [2.24, 2.45) is 0 Å². The van der Waals surface area contributed by atoms with E-state index in [9.17, 15) is 4.79 Å². The molecule has 0 saturated carbocycles. The van der Waals surface area contributed by atoms with Crippen LogP contribution < -0.4 is 4.74 Å². The molecule has 5 nitrogen and oxygen atoms in total. The van der Waals surface area contributed by atoms with Gasteiger partial charge < -0.3 is 14.4 Å². The fraction of sp³-hybridized carbons (Fsp3) is 0.303. The number of esters is 1. The second-order valence-electron chi connectivity index (χ2n) is 9.95. The first-order valence-corrected chi connectivity index (χ1v) is 14.0. The molecule has 0 bridgehead atoms. The third-order valence-electron chi connectivity index (χ3n) is 7.45. The van der Waals surface area contributed by atoms with Crippen LogP contribution in [0.4, 0.5) is 0 Å². The van der Waals surface area contributed by atoms with E-state index in [-0.39, 0.29) is 12.0 Å². The number of carbonyl (C=O) groups is 1. The number of carbonyl (C=O) groups excluding carboxylic acids is 1. The number of halogens is 1. The van der Waals surface area contributed by atoms with Crippen LogP contribution >= 0.6 is 11.6 Å². The molecule has 1 saturated heterocycles. The second kappa shape index (κ2) is 13.1. The lowest BCUT2D eigenvalue weighted by Crippen LogP contribution is -2.34. The van der Waals surface area contributed by atoms with E-state index in [1.165, 1.54) is 18.2 Å². The van der Waals surface area contributed by atoms with E-state index in [1.807, 2.05) is 48.5 Å². The minimum absolute atomic E-state index is 0.205. The maximum atomic E-state index is 12.6. The number of rotatable bonds is 9. The Morgan fingerprint density at radius 3 is 2.38 bits per heavy atom. The summed E-state index contributed by atoms with van der Waals surface area (Å²) in [6.45, 7) is 5.57. The fourth-order valence-electron chi connectivity index (χ4n) is 5.52. The van der Waals surface area contributed by atoms with E-state index >= 15 is 0 Å². The number of fused-ring (bicyclic) bond motifs is 1. The van der Waals surface area contributed by atoms with Gasteiger partial charge in [-0.05, 0) is 59.5 Å². The Bertz CT molecular complexity index is 1380. The zero-order chi connectivity index (χ0) is 27.0. The monoisotopic (exact) mass is 542 g/mol. The Balaban J connectivity index is 1.20. The van der Waals surface area contributed by atoms with Gasteiger partial charge in [0.05, 0.1) is 19.8 Å². The van der Waals surface area contributed by atoms with Gasteiger partial charge in [0, 0.05) is 31.2 Å². The van der Waals surface area contributed by atoms with Crippen molar-refractivity contribution in [3.63, 3.8) is 0 Å². The molecule has 4 aromatic rings. The number of hydrogen-bond acceptors (Lipinski definition) is 5. The predicted octanol–water partition coefficient (Wildman–Crippen LogP) is 6.85. The summed E-state index contributed by atoms with van der Waals surface area (Å²) < 4.78 is 11.2. The van der Waals surface area contributed by atoms with Gasteiger partial charge in [0.2, 0.25) is 0 Å². The van der Waals surface area contributed by atoms with Crippen LogP contribution in [0.5, 0.6) is 5.75 Å². The average molecular weight is 543 g/mol. The molecule has 1 aliphatic rings. The van der Waals surface area contributed by atoms with Gasteiger partial charge in [0.15, 0.2) is 0 Å². The van der Waals surface area contributed by atoms with Crippen LogP contribution in [0.1, 0.15) is 40.4 Å². The quantitative estimate of drug-likeness (QED) is 0.171. The molecule has 202 valence electrons. The third-order valence-corrected chi connectivity index (χ3v) is 7.70. The minimum atomic E-state index is -0.372. The fourth-order valence-corrected chi connectivity index (χ4v) is 5.65. The molecule has 1 aliphatic heterocycles. The third kappa shape index (κ3) is 6.62. The van der Waals surface area contributed by atoms with E-state index < -0.39 is 0 Å². The van der Waals surface area contributed by atoms with Gasteiger partial charge in [-0.1, -0.05) is 84.4 Å². The highest BCUT2D eigenvalue weighted by atomic mass is 35.5. The Hall–Kier alpha value is -3.38. The summed E-state index contributed by atoms with van der Waals surface area (Å²) in [4.78, 5) is 17.7. The van der Waals surface area contributed by atoms with Gasteiger partial charge in [-0.15, -0.1) is 0 Å². The first-order valence-electron chi connectivity index (χ1n) is 13.6. The largest absolute Gasteiger partial charge is 0.493 e. The van der Waals surface area contributed by atoms with Crippen molar-refractivity contribution < 1.29 is 14.3 Å². The molecule has 1 fully saturated rings. The lowest BCUT2D eigenvalue weighted by atomic mass is 9.97. The zero-order valence-corrected chi connectivity index (χ0v) is 23.1. The molecule has 6 heteroatoms. The summed E-state index contributed by atoms with van der Waals surface area (Å²) in [6.07, 6.45) is 1.99. The van der Waals surface area contributed by atoms with Gasteiger partial charge >= 0.3 is 5.97 Å². The highest BCUT2D eigenvalue weighted by Crippen LogP contribution is 2.31. The van der Waals surface area contributed by atoms with Crippen LogP contribution in [0.25, 0.3) is 10.8 Å². The number of ether oxygens (including phenoxy) is 2. The van der Waals surface area contributed by atoms with E-state index in [0.717, 1.165) is 61.4 Å². The Kier molecular flexibility index (Phi) is 9.15. The van der Waals surface area contributed by atoms with Gasteiger partial charge in [0.1, 0.15) is 11.3 Å². The highest BCUT2D eigenvalue weighted by molar-refractivity contribution is 6.30. The molecule has 1 heterocycles. The summed E-state index contributed by atoms with van der Waals surface area (Å²) in [5, 5.41) is 2.60. The van der Waals surface area contributed by atoms with Crippen molar-refractivity contribution in [3.05, 3.63) is 113 Å². The second-order valence-corrected chi connectivity index (χ2v) is 10.4. The van der Waals surface area contributed by atoms with Crippen molar-refractivity contribution in [1.29, 1.82) is 0 Å². The van der Waals surface area contributed by atoms with Crippen LogP contribution in [-0.2, 0) is 4.74 Å². The smallest absolute Gasteiger partial charge is 0.342 e. The summed E-state index contributed by atoms with van der Waals surface area (Å²) >= 11 is 6.20. The first kappa shape index (κ1) is 27.2.